The molecule has 1 aromatic carbocycles. The van der Waals surface area contributed by atoms with E-state index in [0.717, 1.165) is 48.1 Å². The molecule has 0 radical (unpaired) electrons. The summed E-state index contributed by atoms with van der Waals surface area (Å²) in [4.78, 5) is 31.0. The zero-order valence-electron chi connectivity index (χ0n) is 20.9. The highest BCUT2D eigenvalue weighted by Gasteiger charge is 2.49. The first kappa shape index (κ1) is 23.9. The second-order valence-electron chi connectivity index (χ2n) is 9.93. The van der Waals surface area contributed by atoms with Crippen LogP contribution in [-0.2, 0) is 17.8 Å². The molecular formula is C28H35N3O3S. The maximum absolute atomic E-state index is 14.0. The quantitative estimate of drug-likeness (QED) is 0.434. The van der Waals surface area contributed by atoms with Crippen LogP contribution in [0.15, 0.2) is 36.4 Å². The van der Waals surface area contributed by atoms with Gasteiger partial charge in [0.2, 0.25) is 5.91 Å². The van der Waals surface area contributed by atoms with Crippen molar-refractivity contribution in [3.05, 3.63) is 47.0 Å². The van der Waals surface area contributed by atoms with Crippen LogP contribution in [0.25, 0.3) is 10.2 Å². The van der Waals surface area contributed by atoms with Gasteiger partial charge in [0, 0.05) is 16.6 Å². The monoisotopic (exact) mass is 493 g/mol. The van der Waals surface area contributed by atoms with Gasteiger partial charge >= 0.3 is 0 Å². The van der Waals surface area contributed by atoms with E-state index in [-0.39, 0.29) is 17.9 Å². The Hall–Kier alpha value is -2.80. The van der Waals surface area contributed by atoms with Crippen molar-refractivity contribution in [2.24, 2.45) is 0 Å². The molecule has 186 valence electrons. The van der Waals surface area contributed by atoms with E-state index < -0.39 is 5.54 Å². The van der Waals surface area contributed by atoms with Gasteiger partial charge in [0.05, 0.1) is 23.4 Å². The van der Waals surface area contributed by atoms with E-state index >= 15 is 0 Å². The Labute approximate surface area is 211 Å². The molecule has 3 aromatic rings. The third kappa shape index (κ3) is 4.35. The molecule has 5 rings (SSSR count). The van der Waals surface area contributed by atoms with Crippen LogP contribution in [0.5, 0.6) is 5.75 Å². The van der Waals surface area contributed by atoms with Crippen LogP contribution in [0.4, 0.5) is 5.69 Å². The molecule has 1 N–H and O–H groups in total. The van der Waals surface area contributed by atoms with Crippen molar-refractivity contribution in [1.82, 2.24) is 9.88 Å². The summed E-state index contributed by atoms with van der Waals surface area (Å²) in [5.41, 5.74) is 1.35. The number of carbonyl (C=O) groups is 2. The van der Waals surface area contributed by atoms with E-state index in [0.29, 0.717) is 24.5 Å². The Morgan fingerprint density at radius 3 is 2.49 bits per heavy atom. The number of rotatable bonds is 6. The number of hydrogen-bond donors (Lipinski definition) is 1. The van der Waals surface area contributed by atoms with Gasteiger partial charge in [-0.1, -0.05) is 32.6 Å². The summed E-state index contributed by atoms with van der Waals surface area (Å²) in [5.74, 6) is 0.534. The Kier molecular flexibility index (Phi) is 6.62. The van der Waals surface area contributed by atoms with Crippen LogP contribution in [0, 0.1) is 0 Å². The molecule has 1 aliphatic heterocycles. The SMILES string of the molecule is CCOc1ccc(N2C(=O)c3cc4sc(CC)cc4n3C[C@@]2(C)C(=O)NC2CCCCCC2)cc1. The number of nitrogens with one attached hydrogen (secondary N) is 1. The molecule has 1 aliphatic carbocycles. The number of carbonyl (C=O) groups excluding carboxylic acids is 2. The van der Waals surface area contributed by atoms with Gasteiger partial charge in [0.1, 0.15) is 17.0 Å². The lowest BCUT2D eigenvalue weighted by molar-refractivity contribution is -0.127. The Morgan fingerprint density at radius 1 is 1.11 bits per heavy atom. The maximum Gasteiger partial charge on any atom is 0.275 e. The zero-order chi connectivity index (χ0) is 24.6. The van der Waals surface area contributed by atoms with Gasteiger partial charge in [0.25, 0.3) is 5.91 Å². The minimum absolute atomic E-state index is 0.0786. The average Bonchev–Trinajstić information content (AvgIpc) is 3.29. The number of thiophene rings is 1. The van der Waals surface area contributed by atoms with Gasteiger partial charge in [-0.25, -0.2) is 0 Å². The molecule has 6 nitrogen and oxygen atoms in total. The second kappa shape index (κ2) is 9.69. The first-order valence-electron chi connectivity index (χ1n) is 12.9. The standard InChI is InChI=1S/C28H35N3O3S/c1-4-22-16-23-25(35-22)17-24-26(32)31(20-12-14-21(15-13-20)34-5-2)28(3,18-30(23)24)27(33)29-19-10-8-6-7-9-11-19/h12-17,19H,4-11,18H2,1-3H3,(H,29,33)/t28-/m0/s1. The third-order valence-electron chi connectivity index (χ3n) is 7.46. The predicted octanol–water partition coefficient (Wildman–Crippen LogP) is 5.92. The summed E-state index contributed by atoms with van der Waals surface area (Å²) in [6.45, 7) is 7.00. The fourth-order valence-corrected chi connectivity index (χ4v) is 6.57. The number of nitrogens with zero attached hydrogens (tertiary/aromatic N) is 2. The van der Waals surface area contributed by atoms with E-state index in [1.54, 1.807) is 16.2 Å². The van der Waals surface area contributed by atoms with Crippen molar-refractivity contribution in [2.45, 2.75) is 83.8 Å². The van der Waals surface area contributed by atoms with Crippen molar-refractivity contribution in [3.63, 3.8) is 0 Å². The summed E-state index contributed by atoms with van der Waals surface area (Å²) in [5, 5.41) is 3.34. The van der Waals surface area contributed by atoms with Crippen LogP contribution in [0.2, 0.25) is 0 Å². The summed E-state index contributed by atoms with van der Waals surface area (Å²) in [6, 6.07) is 11.8. The highest BCUT2D eigenvalue weighted by molar-refractivity contribution is 7.19. The second-order valence-corrected chi connectivity index (χ2v) is 11.1. The minimum atomic E-state index is -1.05. The van der Waals surface area contributed by atoms with Crippen molar-refractivity contribution in [2.75, 3.05) is 11.5 Å². The fourth-order valence-electron chi connectivity index (χ4n) is 5.53. The number of aromatic nitrogens is 1. The summed E-state index contributed by atoms with van der Waals surface area (Å²) >= 11 is 1.73. The first-order chi connectivity index (χ1) is 16.9. The van der Waals surface area contributed by atoms with Crippen molar-refractivity contribution in [3.8, 4) is 5.75 Å². The summed E-state index contributed by atoms with van der Waals surface area (Å²) < 4.78 is 8.77. The third-order valence-corrected chi connectivity index (χ3v) is 8.67. The molecule has 35 heavy (non-hydrogen) atoms. The van der Waals surface area contributed by atoms with Crippen LogP contribution >= 0.6 is 11.3 Å². The van der Waals surface area contributed by atoms with Crippen LogP contribution in [0.3, 0.4) is 0 Å². The van der Waals surface area contributed by atoms with Crippen molar-refractivity contribution in [1.29, 1.82) is 0 Å². The van der Waals surface area contributed by atoms with Crippen molar-refractivity contribution < 1.29 is 14.3 Å². The molecular weight excluding hydrogens is 458 g/mol. The number of benzene rings is 1. The number of anilines is 1. The molecule has 2 aromatic heterocycles. The lowest BCUT2D eigenvalue weighted by atomic mass is 9.92. The Balaban J connectivity index is 1.56. The fraction of sp³-hybridized carbons (Fsp3) is 0.500. The topological polar surface area (TPSA) is 63.6 Å². The number of ether oxygens (including phenoxy) is 1. The lowest BCUT2D eigenvalue weighted by Crippen LogP contribution is -2.65. The molecule has 0 saturated heterocycles. The van der Waals surface area contributed by atoms with E-state index in [1.165, 1.54) is 17.7 Å². The highest BCUT2D eigenvalue weighted by atomic mass is 32.1. The number of aryl methyl sites for hydroxylation is 1. The van der Waals surface area contributed by atoms with E-state index in [9.17, 15) is 9.59 Å². The molecule has 2 amide bonds. The van der Waals surface area contributed by atoms with E-state index in [2.05, 4.69) is 22.9 Å². The molecule has 1 saturated carbocycles. The molecule has 0 spiro atoms. The Bertz CT molecular complexity index is 1220. The van der Waals surface area contributed by atoms with Gasteiger partial charge in [-0.3, -0.25) is 14.5 Å². The molecule has 2 aliphatic rings. The van der Waals surface area contributed by atoms with E-state index in [4.69, 9.17) is 4.74 Å². The molecule has 7 heteroatoms. The highest BCUT2D eigenvalue weighted by Crippen LogP contribution is 2.39. The molecule has 1 fully saturated rings. The number of amides is 2. The average molecular weight is 494 g/mol. The van der Waals surface area contributed by atoms with Gasteiger partial charge in [0.15, 0.2) is 0 Å². The normalized spacial score (nSPS) is 21.1. The number of fused-ring (bicyclic) bond motifs is 3. The predicted molar refractivity (Wildman–Crippen MR) is 142 cm³/mol. The van der Waals surface area contributed by atoms with Gasteiger partial charge in [-0.2, -0.15) is 0 Å². The summed E-state index contributed by atoms with van der Waals surface area (Å²) in [7, 11) is 0. The first-order valence-corrected chi connectivity index (χ1v) is 13.8. The molecule has 3 heterocycles. The minimum Gasteiger partial charge on any atom is -0.494 e. The van der Waals surface area contributed by atoms with Crippen LogP contribution in [-0.4, -0.2) is 34.6 Å². The smallest absolute Gasteiger partial charge is 0.275 e. The van der Waals surface area contributed by atoms with Gasteiger partial charge in [-0.05, 0) is 69.5 Å². The van der Waals surface area contributed by atoms with Gasteiger partial charge in [-0.15, -0.1) is 11.3 Å². The maximum atomic E-state index is 14.0. The summed E-state index contributed by atoms with van der Waals surface area (Å²) in [6.07, 6.45) is 7.69. The Morgan fingerprint density at radius 2 is 1.83 bits per heavy atom. The van der Waals surface area contributed by atoms with Crippen LogP contribution < -0.4 is 15.0 Å². The lowest BCUT2D eigenvalue weighted by Gasteiger charge is -2.44. The van der Waals surface area contributed by atoms with Crippen molar-refractivity contribution >= 4 is 39.1 Å². The molecule has 1 atom stereocenters. The number of hydrogen-bond acceptors (Lipinski definition) is 4. The molecule has 0 bridgehead atoms. The largest absolute Gasteiger partial charge is 0.494 e. The van der Waals surface area contributed by atoms with Gasteiger partial charge < -0.3 is 14.6 Å². The molecule has 0 unspecified atom stereocenters. The zero-order valence-corrected chi connectivity index (χ0v) is 21.7. The van der Waals surface area contributed by atoms with E-state index in [1.807, 2.05) is 44.2 Å². The van der Waals surface area contributed by atoms with Crippen LogP contribution in [0.1, 0.15) is 74.7 Å².